The normalized spacial score (nSPS) is 33.6. The van der Waals surface area contributed by atoms with Crippen LogP contribution in [0.15, 0.2) is 0 Å². The van der Waals surface area contributed by atoms with Crippen molar-refractivity contribution in [3.05, 3.63) is 0 Å². The molecule has 3 N–H and O–H groups in total. The van der Waals surface area contributed by atoms with E-state index in [1.165, 1.54) is 6.92 Å². The zero-order chi connectivity index (χ0) is 15.4. The Labute approximate surface area is 114 Å². The van der Waals surface area contributed by atoms with Gasteiger partial charge < -0.3 is 20.1 Å². The topological polar surface area (TPSA) is 121 Å². The molecule has 0 aromatic carbocycles. The summed E-state index contributed by atoms with van der Waals surface area (Å²) in [7, 11) is 0. The highest BCUT2D eigenvalue weighted by Crippen LogP contribution is 2.38. The van der Waals surface area contributed by atoms with Crippen LogP contribution >= 0.6 is 0 Å². The third kappa shape index (κ3) is 4.16. The van der Waals surface area contributed by atoms with Crippen LogP contribution in [0.1, 0.15) is 26.2 Å². The average molecular weight is 292 g/mol. The zero-order valence-electron chi connectivity index (χ0n) is 10.9. The summed E-state index contributed by atoms with van der Waals surface area (Å²) in [6.45, 7) is 1.50. The van der Waals surface area contributed by atoms with Gasteiger partial charge in [-0.3, -0.25) is 14.4 Å². The van der Waals surface area contributed by atoms with E-state index in [0.717, 1.165) is 0 Å². The van der Waals surface area contributed by atoms with Crippen molar-refractivity contribution in [3.63, 3.8) is 0 Å². The first-order valence-corrected chi connectivity index (χ1v) is 6.17. The molecular weight excluding hydrogens is 275 g/mol. The lowest BCUT2D eigenvalue weighted by molar-refractivity contribution is -0.174. The molecule has 1 unspecified atom stereocenters. The Kier molecular flexibility index (Phi) is 5.43. The van der Waals surface area contributed by atoms with E-state index in [0.29, 0.717) is 0 Å². The maximum atomic E-state index is 14.3. The first kappa shape index (κ1) is 16.4. The second-order valence-corrected chi connectivity index (χ2v) is 4.95. The standard InChI is InChI=1S/C12H17FO7/c1-5-6(2-9(14)15)7(3-10(16)17)12(13)8(20-5)4-11(18)19/h5-8,12H,2-4H2,1H3,(H,14,15)(H,16,17)(H,18,19)/t5-,6-,7+,8?,12-/m0/s1. The van der Waals surface area contributed by atoms with Crippen LogP contribution in [0.3, 0.4) is 0 Å². The Bertz CT molecular complexity index is 397. The number of alkyl halides is 1. The number of carboxylic acids is 3. The van der Waals surface area contributed by atoms with Gasteiger partial charge in [0, 0.05) is 11.8 Å². The summed E-state index contributed by atoms with van der Waals surface area (Å²) in [5, 5.41) is 26.3. The smallest absolute Gasteiger partial charge is 0.306 e. The van der Waals surface area contributed by atoms with Crippen molar-refractivity contribution in [2.75, 3.05) is 0 Å². The first-order chi connectivity index (χ1) is 9.22. The lowest BCUT2D eigenvalue weighted by Gasteiger charge is -2.41. The second kappa shape index (κ2) is 6.65. The molecular formula is C12H17FO7. The molecule has 0 spiro atoms. The van der Waals surface area contributed by atoms with Gasteiger partial charge in [-0.15, -0.1) is 0 Å². The molecule has 20 heavy (non-hydrogen) atoms. The van der Waals surface area contributed by atoms with Crippen molar-refractivity contribution >= 4 is 17.9 Å². The minimum atomic E-state index is -1.82. The highest BCUT2D eigenvalue weighted by Gasteiger charge is 2.46. The van der Waals surface area contributed by atoms with Gasteiger partial charge in [-0.2, -0.15) is 0 Å². The molecule has 1 fully saturated rings. The summed E-state index contributed by atoms with van der Waals surface area (Å²) in [5.74, 6) is -5.56. The average Bonchev–Trinajstić information content (AvgIpc) is 2.28. The molecule has 0 radical (unpaired) electrons. The van der Waals surface area contributed by atoms with Gasteiger partial charge >= 0.3 is 17.9 Å². The number of halogens is 1. The van der Waals surface area contributed by atoms with E-state index >= 15 is 0 Å². The summed E-state index contributed by atoms with van der Waals surface area (Å²) in [4.78, 5) is 32.3. The number of hydrogen-bond acceptors (Lipinski definition) is 4. The van der Waals surface area contributed by atoms with Gasteiger partial charge in [0.2, 0.25) is 0 Å². The fourth-order valence-electron chi connectivity index (χ4n) is 2.63. The lowest BCUT2D eigenvalue weighted by Crippen LogP contribution is -2.50. The molecule has 7 nitrogen and oxygen atoms in total. The van der Waals surface area contributed by atoms with Gasteiger partial charge in [-0.05, 0) is 6.92 Å². The molecule has 0 bridgehead atoms. The Hall–Kier alpha value is -1.70. The number of carbonyl (C=O) groups is 3. The number of aliphatic carboxylic acids is 3. The van der Waals surface area contributed by atoms with E-state index in [9.17, 15) is 18.8 Å². The Morgan fingerprint density at radius 2 is 1.40 bits per heavy atom. The molecule has 1 rings (SSSR count). The van der Waals surface area contributed by atoms with E-state index in [2.05, 4.69) is 0 Å². The molecule has 0 amide bonds. The van der Waals surface area contributed by atoms with Gasteiger partial charge in [0.05, 0.1) is 31.5 Å². The molecule has 0 saturated carbocycles. The van der Waals surface area contributed by atoms with Crippen molar-refractivity contribution in [2.24, 2.45) is 11.8 Å². The third-order valence-corrected chi connectivity index (χ3v) is 3.50. The summed E-state index contributed by atoms with van der Waals surface area (Å²) in [5.41, 5.74) is 0. The Morgan fingerprint density at radius 1 is 0.950 bits per heavy atom. The fraction of sp³-hybridized carbons (Fsp3) is 0.750. The number of rotatable bonds is 6. The molecule has 1 aliphatic heterocycles. The SMILES string of the molecule is C[C@@H]1OC(CC(=O)O)[C@@H](F)[C@H](CC(=O)O)[C@H]1CC(=O)O. The van der Waals surface area contributed by atoms with Crippen molar-refractivity contribution < 1.29 is 38.8 Å². The molecule has 0 aliphatic carbocycles. The van der Waals surface area contributed by atoms with Crippen LogP contribution < -0.4 is 0 Å². The maximum absolute atomic E-state index is 14.3. The van der Waals surface area contributed by atoms with Crippen LogP contribution in [-0.4, -0.2) is 51.6 Å². The summed E-state index contributed by atoms with van der Waals surface area (Å²) in [6.07, 6.45) is -5.34. The molecule has 0 aromatic heterocycles. The van der Waals surface area contributed by atoms with E-state index < -0.39 is 67.4 Å². The quantitative estimate of drug-likeness (QED) is 0.661. The lowest BCUT2D eigenvalue weighted by atomic mass is 9.76. The molecule has 1 saturated heterocycles. The molecule has 114 valence electrons. The molecule has 5 atom stereocenters. The van der Waals surface area contributed by atoms with Gasteiger partial charge in [0.15, 0.2) is 0 Å². The van der Waals surface area contributed by atoms with Crippen LogP contribution in [0.4, 0.5) is 4.39 Å². The highest BCUT2D eigenvalue weighted by molar-refractivity contribution is 5.69. The van der Waals surface area contributed by atoms with Crippen molar-refractivity contribution in [3.8, 4) is 0 Å². The minimum Gasteiger partial charge on any atom is -0.481 e. The summed E-state index contributed by atoms with van der Waals surface area (Å²) >= 11 is 0. The zero-order valence-corrected chi connectivity index (χ0v) is 10.9. The van der Waals surface area contributed by atoms with Crippen LogP contribution in [0.2, 0.25) is 0 Å². The minimum absolute atomic E-state index is 0.417. The monoisotopic (exact) mass is 292 g/mol. The highest BCUT2D eigenvalue weighted by atomic mass is 19.1. The molecule has 1 heterocycles. The third-order valence-electron chi connectivity index (χ3n) is 3.50. The van der Waals surface area contributed by atoms with E-state index in [4.69, 9.17) is 20.1 Å². The Morgan fingerprint density at radius 3 is 1.85 bits per heavy atom. The molecule has 1 aliphatic rings. The van der Waals surface area contributed by atoms with Crippen LogP contribution in [0, 0.1) is 11.8 Å². The number of carboxylic acid groups (broad SMARTS) is 3. The predicted octanol–water partition coefficient (Wildman–Crippen LogP) is 0.768. The second-order valence-electron chi connectivity index (χ2n) is 4.95. The van der Waals surface area contributed by atoms with Crippen LogP contribution in [0.25, 0.3) is 0 Å². The number of hydrogen-bond donors (Lipinski definition) is 3. The predicted molar refractivity (Wildman–Crippen MR) is 63.0 cm³/mol. The van der Waals surface area contributed by atoms with Gasteiger partial charge in [-0.25, -0.2) is 4.39 Å². The van der Waals surface area contributed by atoms with Crippen LogP contribution in [-0.2, 0) is 19.1 Å². The van der Waals surface area contributed by atoms with Gasteiger partial charge in [-0.1, -0.05) is 0 Å². The van der Waals surface area contributed by atoms with E-state index in [-0.39, 0.29) is 0 Å². The van der Waals surface area contributed by atoms with E-state index in [1.54, 1.807) is 0 Å². The van der Waals surface area contributed by atoms with Crippen molar-refractivity contribution in [1.82, 2.24) is 0 Å². The van der Waals surface area contributed by atoms with Gasteiger partial charge in [0.1, 0.15) is 6.17 Å². The Balaban J connectivity index is 2.93. The first-order valence-electron chi connectivity index (χ1n) is 6.17. The van der Waals surface area contributed by atoms with Crippen molar-refractivity contribution in [1.29, 1.82) is 0 Å². The summed E-state index contributed by atoms with van der Waals surface area (Å²) in [6, 6.07) is 0. The van der Waals surface area contributed by atoms with Gasteiger partial charge in [0.25, 0.3) is 0 Å². The van der Waals surface area contributed by atoms with Crippen LogP contribution in [0.5, 0.6) is 0 Å². The van der Waals surface area contributed by atoms with E-state index in [1.807, 2.05) is 0 Å². The summed E-state index contributed by atoms with van der Waals surface area (Å²) < 4.78 is 19.5. The largest absolute Gasteiger partial charge is 0.481 e. The fourth-order valence-corrected chi connectivity index (χ4v) is 2.63. The number of ether oxygens (including phenoxy) is 1. The molecule has 0 aromatic rings. The maximum Gasteiger partial charge on any atom is 0.306 e. The molecule has 8 heteroatoms. The van der Waals surface area contributed by atoms with Crippen molar-refractivity contribution in [2.45, 2.75) is 44.6 Å².